The van der Waals surface area contributed by atoms with Gasteiger partial charge in [-0.1, -0.05) is 11.6 Å². The maximum absolute atomic E-state index is 5.51. The van der Waals surface area contributed by atoms with Crippen molar-refractivity contribution in [3.63, 3.8) is 0 Å². The molecule has 1 aromatic heterocycles. The van der Waals surface area contributed by atoms with Crippen LogP contribution in [0.5, 0.6) is 5.75 Å². The van der Waals surface area contributed by atoms with Gasteiger partial charge in [-0.25, -0.2) is 0 Å². The van der Waals surface area contributed by atoms with Crippen molar-refractivity contribution in [2.24, 2.45) is 0 Å². The van der Waals surface area contributed by atoms with E-state index in [4.69, 9.17) is 9.47 Å². The van der Waals surface area contributed by atoms with Crippen LogP contribution in [0.25, 0.3) is 10.9 Å². The number of aryl methyl sites for hydroxylation is 1. The second-order valence-electron chi connectivity index (χ2n) is 3.71. The summed E-state index contributed by atoms with van der Waals surface area (Å²) in [6.07, 6.45) is 1.74. The zero-order chi connectivity index (χ0) is 11.4. The summed E-state index contributed by atoms with van der Waals surface area (Å²) in [7, 11) is 1.66. The van der Waals surface area contributed by atoms with E-state index >= 15 is 0 Å². The lowest BCUT2D eigenvalue weighted by Crippen LogP contribution is -2.04. The first-order valence-corrected chi connectivity index (χ1v) is 5.28. The summed E-state index contributed by atoms with van der Waals surface area (Å²) in [5.41, 5.74) is 2.22. The Morgan fingerprint density at radius 1 is 1.19 bits per heavy atom. The van der Waals surface area contributed by atoms with E-state index in [1.54, 1.807) is 13.3 Å². The van der Waals surface area contributed by atoms with Crippen molar-refractivity contribution in [3.05, 3.63) is 36.0 Å². The lowest BCUT2D eigenvalue weighted by Gasteiger charge is -2.06. The van der Waals surface area contributed by atoms with Gasteiger partial charge in [-0.3, -0.25) is 4.98 Å². The van der Waals surface area contributed by atoms with Crippen molar-refractivity contribution in [1.82, 2.24) is 4.98 Å². The standard InChI is InChI=1S/C13H15NO2/c1-10-3-4-13-11(7-10)8-12(9-14-13)16-6-5-15-2/h3-4,7-9H,5-6H2,1-2H3. The molecule has 0 bridgehead atoms. The van der Waals surface area contributed by atoms with Crippen LogP contribution in [-0.2, 0) is 4.74 Å². The van der Waals surface area contributed by atoms with E-state index in [-0.39, 0.29) is 0 Å². The Morgan fingerprint density at radius 3 is 2.88 bits per heavy atom. The molecular formula is C13H15NO2. The normalized spacial score (nSPS) is 10.6. The number of benzene rings is 1. The first-order valence-electron chi connectivity index (χ1n) is 5.28. The Hall–Kier alpha value is -1.61. The predicted molar refractivity (Wildman–Crippen MR) is 63.9 cm³/mol. The molecule has 3 nitrogen and oxygen atoms in total. The molecular weight excluding hydrogens is 202 g/mol. The molecule has 1 aromatic carbocycles. The van der Waals surface area contributed by atoms with Crippen molar-refractivity contribution in [1.29, 1.82) is 0 Å². The number of aromatic nitrogens is 1. The molecule has 0 unspecified atom stereocenters. The van der Waals surface area contributed by atoms with Crippen LogP contribution < -0.4 is 4.74 Å². The van der Waals surface area contributed by atoms with Crippen molar-refractivity contribution >= 4 is 10.9 Å². The summed E-state index contributed by atoms with van der Waals surface area (Å²) in [6, 6.07) is 8.18. The second kappa shape index (κ2) is 4.94. The lowest BCUT2D eigenvalue weighted by atomic mass is 10.1. The van der Waals surface area contributed by atoms with Crippen LogP contribution in [-0.4, -0.2) is 25.3 Å². The van der Waals surface area contributed by atoms with E-state index in [2.05, 4.69) is 24.0 Å². The molecule has 0 aliphatic heterocycles. The first-order chi connectivity index (χ1) is 7.79. The van der Waals surface area contributed by atoms with Gasteiger partial charge in [-0.2, -0.15) is 0 Å². The third kappa shape index (κ3) is 2.49. The van der Waals surface area contributed by atoms with Gasteiger partial charge in [0.25, 0.3) is 0 Å². The minimum Gasteiger partial charge on any atom is -0.490 e. The van der Waals surface area contributed by atoms with Gasteiger partial charge in [-0.05, 0) is 25.1 Å². The van der Waals surface area contributed by atoms with Gasteiger partial charge < -0.3 is 9.47 Å². The monoisotopic (exact) mass is 217 g/mol. The molecule has 0 aliphatic rings. The van der Waals surface area contributed by atoms with E-state index in [1.807, 2.05) is 12.1 Å². The van der Waals surface area contributed by atoms with Gasteiger partial charge in [0.05, 0.1) is 18.3 Å². The fourth-order valence-electron chi connectivity index (χ4n) is 1.55. The molecule has 0 radical (unpaired) electrons. The van der Waals surface area contributed by atoms with Gasteiger partial charge >= 0.3 is 0 Å². The molecule has 0 saturated heterocycles. The average Bonchev–Trinajstić information content (AvgIpc) is 2.29. The smallest absolute Gasteiger partial charge is 0.138 e. The van der Waals surface area contributed by atoms with Gasteiger partial charge in [-0.15, -0.1) is 0 Å². The van der Waals surface area contributed by atoms with Crippen LogP contribution in [0, 0.1) is 6.92 Å². The van der Waals surface area contributed by atoms with E-state index in [0.29, 0.717) is 13.2 Å². The molecule has 0 aliphatic carbocycles. The molecule has 0 saturated carbocycles. The summed E-state index contributed by atoms with van der Waals surface area (Å²) in [6.45, 7) is 3.21. The largest absolute Gasteiger partial charge is 0.490 e. The molecule has 1 heterocycles. The molecule has 0 amide bonds. The molecule has 16 heavy (non-hydrogen) atoms. The Bertz CT molecular complexity index is 482. The van der Waals surface area contributed by atoms with Crippen LogP contribution in [0.2, 0.25) is 0 Å². The molecule has 0 N–H and O–H groups in total. The number of hydrogen-bond donors (Lipinski definition) is 0. The predicted octanol–water partition coefficient (Wildman–Crippen LogP) is 2.57. The molecule has 0 fully saturated rings. The van der Waals surface area contributed by atoms with Crippen LogP contribution in [0.4, 0.5) is 0 Å². The van der Waals surface area contributed by atoms with Crippen molar-refractivity contribution in [2.75, 3.05) is 20.3 Å². The van der Waals surface area contributed by atoms with Crippen LogP contribution >= 0.6 is 0 Å². The number of ether oxygens (including phenoxy) is 2. The Kier molecular flexibility index (Phi) is 3.37. The highest BCUT2D eigenvalue weighted by molar-refractivity contribution is 5.80. The Morgan fingerprint density at radius 2 is 2.06 bits per heavy atom. The van der Waals surface area contributed by atoms with Gasteiger partial charge in [0.1, 0.15) is 12.4 Å². The van der Waals surface area contributed by atoms with Crippen molar-refractivity contribution in [2.45, 2.75) is 6.92 Å². The SMILES string of the molecule is COCCOc1cnc2ccc(C)cc2c1. The van der Waals surface area contributed by atoms with E-state index < -0.39 is 0 Å². The van der Waals surface area contributed by atoms with Crippen LogP contribution in [0.1, 0.15) is 5.56 Å². The first kappa shape index (κ1) is 10.9. The molecule has 0 spiro atoms. The third-order valence-electron chi connectivity index (χ3n) is 2.37. The lowest BCUT2D eigenvalue weighted by molar-refractivity contribution is 0.146. The number of methoxy groups -OCH3 is 1. The van der Waals surface area contributed by atoms with E-state index in [0.717, 1.165) is 16.7 Å². The van der Waals surface area contributed by atoms with E-state index in [9.17, 15) is 0 Å². The summed E-state index contributed by atoms with van der Waals surface area (Å²) in [4.78, 5) is 4.34. The zero-order valence-electron chi connectivity index (χ0n) is 9.56. The fraction of sp³-hybridized carbons (Fsp3) is 0.308. The summed E-state index contributed by atoms with van der Waals surface area (Å²) in [5, 5.41) is 1.11. The fourth-order valence-corrected chi connectivity index (χ4v) is 1.55. The molecule has 2 aromatic rings. The number of pyridine rings is 1. The van der Waals surface area contributed by atoms with E-state index in [1.165, 1.54) is 5.56 Å². The highest BCUT2D eigenvalue weighted by Crippen LogP contribution is 2.19. The minimum absolute atomic E-state index is 0.551. The highest BCUT2D eigenvalue weighted by atomic mass is 16.5. The molecule has 0 atom stereocenters. The maximum Gasteiger partial charge on any atom is 0.138 e. The Balaban J connectivity index is 2.21. The number of rotatable bonds is 4. The number of fused-ring (bicyclic) bond motifs is 1. The van der Waals surface area contributed by atoms with Crippen LogP contribution in [0.15, 0.2) is 30.5 Å². The number of nitrogens with zero attached hydrogens (tertiary/aromatic N) is 1. The summed E-state index contributed by atoms with van der Waals surface area (Å²) >= 11 is 0. The van der Waals surface area contributed by atoms with Gasteiger partial charge in [0, 0.05) is 12.5 Å². The minimum atomic E-state index is 0.551. The summed E-state index contributed by atoms with van der Waals surface area (Å²) in [5.74, 6) is 0.787. The topological polar surface area (TPSA) is 31.4 Å². The Labute approximate surface area is 95.0 Å². The number of hydrogen-bond acceptors (Lipinski definition) is 3. The van der Waals surface area contributed by atoms with Gasteiger partial charge in [0.2, 0.25) is 0 Å². The van der Waals surface area contributed by atoms with Gasteiger partial charge in [0.15, 0.2) is 0 Å². The quantitative estimate of drug-likeness (QED) is 0.737. The highest BCUT2D eigenvalue weighted by Gasteiger charge is 1.99. The van der Waals surface area contributed by atoms with Crippen LogP contribution in [0.3, 0.4) is 0 Å². The van der Waals surface area contributed by atoms with Crippen molar-refractivity contribution < 1.29 is 9.47 Å². The average molecular weight is 217 g/mol. The molecule has 3 heteroatoms. The molecule has 84 valence electrons. The summed E-state index contributed by atoms with van der Waals surface area (Å²) < 4.78 is 10.4. The van der Waals surface area contributed by atoms with Crippen molar-refractivity contribution in [3.8, 4) is 5.75 Å². The maximum atomic E-state index is 5.51. The zero-order valence-corrected chi connectivity index (χ0v) is 9.56. The second-order valence-corrected chi connectivity index (χ2v) is 3.71. The molecule has 2 rings (SSSR count). The third-order valence-corrected chi connectivity index (χ3v) is 2.37.